The molecule has 3 aromatic rings. The summed E-state index contributed by atoms with van der Waals surface area (Å²) in [4.78, 5) is 0.298. The first kappa shape index (κ1) is 20.8. The van der Waals surface area contributed by atoms with E-state index < -0.39 is 10.0 Å². The van der Waals surface area contributed by atoms with E-state index in [-0.39, 0.29) is 11.3 Å². The Morgan fingerprint density at radius 2 is 1.34 bits per heavy atom. The Kier molecular flexibility index (Phi) is 5.96. The van der Waals surface area contributed by atoms with E-state index >= 15 is 0 Å². The monoisotopic (exact) mass is 463 g/mol. The largest absolute Gasteiger partial charge is 0.252 e. The van der Waals surface area contributed by atoms with Crippen LogP contribution in [-0.2, 0) is 10.0 Å². The quantitative estimate of drug-likeness (QED) is 0.397. The molecule has 0 bridgehead atoms. The van der Waals surface area contributed by atoms with Crippen LogP contribution < -0.4 is 0 Å². The van der Waals surface area contributed by atoms with Gasteiger partial charge in [-0.2, -0.15) is 0 Å². The molecule has 0 aromatic heterocycles. The first-order chi connectivity index (χ1) is 13.8. The third-order valence-corrected chi connectivity index (χ3v) is 9.10. The summed E-state index contributed by atoms with van der Waals surface area (Å²) in [6, 6.07) is 21.7. The van der Waals surface area contributed by atoms with Crippen molar-refractivity contribution in [1.82, 2.24) is 3.71 Å². The number of hydrogen-bond acceptors (Lipinski definition) is 3. The van der Waals surface area contributed by atoms with Crippen LogP contribution in [0.15, 0.2) is 77.7 Å². The van der Waals surface area contributed by atoms with Gasteiger partial charge in [-0.3, -0.25) is 0 Å². The Morgan fingerprint density at radius 1 is 0.828 bits per heavy atom. The lowest BCUT2D eigenvalue weighted by Crippen LogP contribution is -2.25. The molecule has 1 aliphatic rings. The molecule has 0 saturated carbocycles. The summed E-state index contributed by atoms with van der Waals surface area (Å²) in [7, 11) is -3.67. The molecule has 2 atom stereocenters. The average molecular weight is 464 g/mol. The summed E-state index contributed by atoms with van der Waals surface area (Å²) in [5.74, 6) is 0. The summed E-state index contributed by atoms with van der Waals surface area (Å²) in [6.45, 7) is 1.94. The van der Waals surface area contributed by atoms with Gasteiger partial charge in [0.25, 0.3) is 10.0 Å². The summed E-state index contributed by atoms with van der Waals surface area (Å²) in [6.07, 6.45) is 0.666. The third-order valence-electron chi connectivity index (χ3n) is 4.98. The van der Waals surface area contributed by atoms with Crippen molar-refractivity contribution in [2.75, 3.05) is 0 Å². The molecular formula is C22H19Cl2NO2S2. The molecule has 0 radical (unpaired) electrons. The number of rotatable bonds is 4. The maximum atomic E-state index is 13.5. The number of aryl methyl sites for hydroxylation is 1. The minimum atomic E-state index is -3.67. The van der Waals surface area contributed by atoms with Gasteiger partial charge in [-0.05, 0) is 60.9 Å². The molecule has 1 heterocycles. The summed E-state index contributed by atoms with van der Waals surface area (Å²) < 4.78 is 28.5. The molecule has 29 heavy (non-hydrogen) atoms. The van der Waals surface area contributed by atoms with Crippen molar-refractivity contribution < 1.29 is 8.42 Å². The van der Waals surface area contributed by atoms with Crippen LogP contribution in [0, 0.1) is 6.92 Å². The van der Waals surface area contributed by atoms with Gasteiger partial charge in [-0.1, -0.05) is 77.1 Å². The number of benzene rings is 3. The Balaban J connectivity index is 1.74. The number of hydrogen-bond donors (Lipinski definition) is 0. The van der Waals surface area contributed by atoms with Crippen LogP contribution in [0.2, 0.25) is 10.0 Å². The van der Waals surface area contributed by atoms with E-state index in [0.717, 1.165) is 16.7 Å². The van der Waals surface area contributed by atoms with Gasteiger partial charge in [0.2, 0.25) is 0 Å². The van der Waals surface area contributed by atoms with Crippen molar-refractivity contribution in [3.05, 3.63) is 99.5 Å². The zero-order chi connectivity index (χ0) is 20.6. The van der Waals surface area contributed by atoms with E-state index in [0.29, 0.717) is 21.4 Å². The minimum Gasteiger partial charge on any atom is -0.206 e. The number of sulfonamides is 1. The minimum absolute atomic E-state index is 0.00756. The van der Waals surface area contributed by atoms with Gasteiger partial charge in [0.05, 0.1) is 10.9 Å². The van der Waals surface area contributed by atoms with Gasteiger partial charge in [-0.15, -0.1) is 3.71 Å². The predicted octanol–water partition coefficient (Wildman–Crippen LogP) is 6.83. The van der Waals surface area contributed by atoms with E-state index in [9.17, 15) is 8.42 Å². The molecule has 1 aliphatic heterocycles. The maximum absolute atomic E-state index is 13.5. The molecule has 0 amide bonds. The van der Waals surface area contributed by atoms with Gasteiger partial charge in [0.1, 0.15) is 0 Å². The van der Waals surface area contributed by atoms with Crippen molar-refractivity contribution in [3.8, 4) is 0 Å². The van der Waals surface area contributed by atoms with Crippen LogP contribution in [0.5, 0.6) is 0 Å². The first-order valence-corrected chi connectivity index (χ1v) is 12.2. The Hall–Kier alpha value is -1.50. The van der Waals surface area contributed by atoms with Crippen molar-refractivity contribution in [2.45, 2.75) is 29.5 Å². The SMILES string of the molecule is Cc1ccc(S(=O)(=O)N2S[C@@H](c3ccc(Cl)cc3)C[C@H]2c2ccc(Cl)cc2)cc1. The third kappa shape index (κ3) is 4.35. The fourth-order valence-corrected chi connectivity index (χ4v) is 7.04. The second-order valence-electron chi connectivity index (χ2n) is 7.02. The fourth-order valence-electron chi connectivity index (χ4n) is 3.39. The highest BCUT2D eigenvalue weighted by Crippen LogP contribution is 2.53. The molecule has 1 saturated heterocycles. The second kappa shape index (κ2) is 8.32. The lowest BCUT2D eigenvalue weighted by molar-refractivity contribution is 0.473. The Bertz CT molecular complexity index is 1100. The summed E-state index contributed by atoms with van der Waals surface area (Å²) >= 11 is 13.4. The Labute approximate surface area is 185 Å². The zero-order valence-corrected chi connectivity index (χ0v) is 18.8. The standard InChI is InChI=1S/C22H19Cl2NO2S2/c1-15-2-12-20(13-3-15)29(26,27)25-21(16-4-8-18(23)9-5-16)14-22(28-25)17-6-10-19(24)11-7-17/h2-13,21-22H,14H2,1H3/t21-,22+/m0/s1. The van der Waals surface area contributed by atoms with Gasteiger partial charge < -0.3 is 0 Å². The lowest BCUT2D eigenvalue weighted by atomic mass is 9.99. The summed E-state index contributed by atoms with van der Waals surface area (Å²) in [5.41, 5.74) is 3.00. The van der Waals surface area contributed by atoms with Crippen LogP contribution in [0.1, 0.15) is 34.4 Å². The Morgan fingerprint density at radius 3 is 1.90 bits per heavy atom. The van der Waals surface area contributed by atoms with E-state index in [1.165, 1.54) is 11.9 Å². The maximum Gasteiger partial charge on any atom is 0.252 e. The molecule has 0 N–H and O–H groups in total. The molecule has 0 spiro atoms. The average Bonchev–Trinajstić information content (AvgIpc) is 3.16. The highest BCUT2D eigenvalue weighted by molar-refractivity contribution is 8.08. The van der Waals surface area contributed by atoms with Crippen molar-refractivity contribution >= 4 is 45.2 Å². The van der Waals surface area contributed by atoms with Crippen molar-refractivity contribution in [3.63, 3.8) is 0 Å². The molecular weight excluding hydrogens is 445 g/mol. The van der Waals surface area contributed by atoms with E-state index in [1.807, 2.05) is 55.5 Å². The molecule has 3 aromatic carbocycles. The topological polar surface area (TPSA) is 37.4 Å². The van der Waals surface area contributed by atoms with E-state index in [4.69, 9.17) is 23.2 Å². The van der Waals surface area contributed by atoms with Gasteiger partial charge >= 0.3 is 0 Å². The molecule has 4 rings (SSSR count). The fraction of sp³-hybridized carbons (Fsp3) is 0.182. The normalized spacial score (nSPS) is 20.1. The van der Waals surface area contributed by atoms with Crippen LogP contribution in [0.25, 0.3) is 0 Å². The second-order valence-corrected chi connectivity index (χ2v) is 11.1. The number of nitrogens with zero attached hydrogens (tertiary/aromatic N) is 1. The van der Waals surface area contributed by atoms with Crippen LogP contribution >= 0.6 is 35.1 Å². The van der Waals surface area contributed by atoms with Crippen LogP contribution in [0.3, 0.4) is 0 Å². The first-order valence-electron chi connectivity index (χ1n) is 9.13. The molecule has 0 aliphatic carbocycles. The molecule has 7 heteroatoms. The van der Waals surface area contributed by atoms with Gasteiger partial charge in [-0.25, -0.2) is 8.42 Å². The molecule has 0 unspecified atom stereocenters. The van der Waals surface area contributed by atoms with Gasteiger partial charge in [0.15, 0.2) is 0 Å². The van der Waals surface area contributed by atoms with E-state index in [2.05, 4.69) is 0 Å². The van der Waals surface area contributed by atoms with E-state index in [1.54, 1.807) is 28.0 Å². The van der Waals surface area contributed by atoms with Crippen molar-refractivity contribution in [2.24, 2.45) is 0 Å². The van der Waals surface area contributed by atoms with Crippen LogP contribution in [0.4, 0.5) is 0 Å². The van der Waals surface area contributed by atoms with Crippen molar-refractivity contribution in [1.29, 1.82) is 0 Å². The smallest absolute Gasteiger partial charge is 0.206 e. The summed E-state index contributed by atoms with van der Waals surface area (Å²) in [5, 5.41) is 1.30. The number of halogens is 2. The molecule has 3 nitrogen and oxygen atoms in total. The predicted molar refractivity (Wildman–Crippen MR) is 121 cm³/mol. The highest BCUT2D eigenvalue weighted by Gasteiger charge is 2.42. The zero-order valence-electron chi connectivity index (χ0n) is 15.6. The highest BCUT2D eigenvalue weighted by atomic mass is 35.5. The van der Waals surface area contributed by atoms with Gasteiger partial charge in [0, 0.05) is 15.3 Å². The van der Waals surface area contributed by atoms with Crippen LogP contribution in [-0.4, -0.2) is 12.1 Å². The molecule has 150 valence electrons. The lowest BCUT2D eigenvalue weighted by Gasteiger charge is -2.23. The molecule has 1 fully saturated rings.